The first-order valence-electron chi connectivity index (χ1n) is 14.5. The average Bonchev–Trinajstić information content (AvgIpc) is 3.73. The highest BCUT2D eigenvalue weighted by Gasteiger charge is 2.41. The normalized spacial score (nSPS) is 11.6. The molecule has 2 N–H and O–H groups in total. The zero-order chi connectivity index (χ0) is 34.1. The van der Waals surface area contributed by atoms with Gasteiger partial charge in [-0.2, -0.15) is 26.3 Å². The fourth-order valence-electron chi connectivity index (χ4n) is 5.03. The van der Waals surface area contributed by atoms with Crippen LogP contribution in [0, 0.1) is 0 Å². The second-order valence-electron chi connectivity index (χ2n) is 10.6. The summed E-state index contributed by atoms with van der Waals surface area (Å²) in [7, 11) is 0. The summed E-state index contributed by atoms with van der Waals surface area (Å²) in [5.74, 6) is -2.93. The van der Waals surface area contributed by atoms with Gasteiger partial charge in [-0.15, -0.1) is 0 Å². The van der Waals surface area contributed by atoms with Crippen molar-refractivity contribution in [3.8, 4) is 56.6 Å². The number of oxazole rings is 2. The summed E-state index contributed by atoms with van der Waals surface area (Å²) in [6.07, 6.45) is -3.45. The molecule has 0 spiro atoms. The van der Waals surface area contributed by atoms with Gasteiger partial charge in [-0.3, -0.25) is 0 Å². The van der Waals surface area contributed by atoms with Crippen LogP contribution in [0.4, 0.5) is 26.3 Å². The number of aromatic nitrogens is 4. The third-order valence-corrected chi connectivity index (χ3v) is 7.41. The largest absolute Gasteiger partial charge is 1.00 e. The van der Waals surface area contributed by atoms with Crippen molar-refractivity contribution in [2.45, 2.75) is 25.4 Å². The van der Waals surface area contributed by atoms with E-state index in [0.29, 0.717) is 22.3 Å². The molecule has 0 aliphatic rings. The van der Waals surface area contributed by atoms with E-state index in [0.717, 1.165) is 0 Å². The van der Waals surface area contributed by atoms with E-state index in [1.54, 1.807) is 57.7 Å². The van der Waals surface area contributed by atoms with Gasteiger partial charge in [-0.05, 0) is 35.4 Å². The molecule has 0 unspecified atom stereocenters. The molecule has 16 heteroatoms. The van der Waals surface area contributed by atoms with Crippen molar-refractivity contribution in [3.63, 3.8) is 0 Å². The van der Waals surface area contributed by atoms with E-state index in [9.17, 15) is 26.3 Å². The van der Waals surface area contributed by atoms with Crippen LogP contribution in [-0.2, 0) is 25.4 Å². The van der Waals surface area contributed by atoms with Crippen molar-refractivity contribution in [2.75, 3.05) is 13.2 Å². The molecule has 0 atom stereocenters. The van der Waals surface area contributed by atoms with Crippen LogP contribution in [0.15, 0.2) is 106 Å². The number of pyridine rings is 2. The smallest absolute Gasteiger partial charge is 0.451 e. The molecule has 0 radical (unpaired) electrons. The predicted molar refractivity (Wildman–Crippen MR) is 158 cm³/mol. The molecule has 4 aromatic heterocycles. The van der Waals surface area contributed by atoms with Gasteiger partial charge >= 0.3 is 12.4 Å². The molecule has 262 valence electrons. The van der Waals surface area contributed by atoms with Crippen LogP contribution >= 0.6 is 0 Å². The second-order valence-corrected chi connectivity index (χ2v) is 10.6. The minimum Gasteiger partial charge on any atom is -1.00 e. The quantitative estimate of drug-likeness (QED) is 0.126. The maximum absolute atomic E-state index is 13.9. The first-order valence-corrected chi connectivity index (χ1v) is 14.5. The summed E-state index contributed by atoms with van der Waals surface area (Å²) in [4.78, 5) is 8.29. The number of nitrogens with zero attached hydrogens (tertiary/aromatic N) is 4. The van der Waals surface area contributed by atoms with Gasteiger partial charge in [0, 0.05) is 46.5 Å². The Morgan fingerprint density at radius 2 is 0.780 bits per heavy atom. The van der Waals surface area contributed by atoms with Crippen LogP contribution in [-0.4, -0.2) is 33.4 Å². The van der Waals surface area contributed by atoms with Crippen molar-refractivity contribution in [1.82, 2.24) is 9.97 Å². The van der Waals surface area contributed by atoms with Crippen LogP contribution in [0.5, 0.6) is 0 Å². The van der Waals surface area contributed by atoms with Crippen molar-refractivity contribution in [3.05, 3.63) is 109 Å². The number of halogens is 8. The van der Waals surface area contributed by atoms with E-state index in [-0.39, 0.29) is 109 Å². The highest BCUT2D eigenvalue weighted by molar-refractivity contribution is 5.72. The summed E-state index contributed by atoms with van der Waals surface area (Å²) in [6.45, 7) is 0.318. The van der Waals surface area contributed by atoms with E-state index < -0.39 is 23.9 Å². The van der Waals surface area contributed by atoms with Crippen molar-refractivity contribution in [2.24, 2.45) is 0 Å². The molecule has 0 aliphatic carbocycles. The SMILES string of the molecule is OCC[n+]1ccc(-c2nc(-c3ccc(-c4ccc(-c5nc(-c6cc[n+](CCO)cc6)c(C(F)(F)F)o5)cc4)cc3)oc2C(F)(F)F)cc1.[I-].[I-]. The summed E-state index contributed by atoms with van der Waals surface area (Å²) in [5, 5.41) is 18.2. The Morgan fingerprint density at radius 3 is 1.06 bits per heavy atom. The van der Waals surface area contributed by atoms with E-state index >= 15 is 0 Å². The first-order chi connectivity index (χ1) is 22.9. The number of benzene rings is 2. The fraction of sp³-hybridized carbons (Fsp3) is 0.176. The monoisotopic (exact) mass is 922 g/mol. The van der Waals surface area contributed by atoms with E-state index in [2.05, 4.69) is 9.97 Å². The van der Waals surface area contributed by atoms with Gasteiger partial charge in [0.2, 0.25) is 23.3 Å². The Labute approximate surface area is 315 Å². The highest BCUT2D eigenvalue weighted by Crippen LogP contribution is 2.41. The van der Waals surface area contributed by atoms with Crippen molar-refractivity contribution in [1.29, 1.82) is 0 Å². The maximum atomic E-state index is 13.9. The van der Waals surface area contributed by atoms with Crippen molar-refractivity contribution >= 4 is 0 Å². The van der Waals surface area contributed by atoms with Crippen LogP contribution in [0.25, 0.3) is 56.6 Å². The molecular weight excluding hydrogens is 896 g/mol. The van der Waals surface area contributed by atoms with Gasteiger partial charge < -0.3 is 67.0 Å². The standard InChI is InChI=1S/C34H26F6N4O4.2HI/c35-33(36,37)29-27(23-9-13-43(14-10-23)17-19-45)41-31(47-29)25-5-1-21(2-6-25)22-3-7-26(8-4-22)32-42-28(30(48-32)34(38,39)40)24-11-15-44(16-12-24)18-20-46;;/h1-16,45-46H,17-20H2;2*1H/q+2;;/p-2. The minimum atomic E-state index is -4.80. The predicted octanol–water partition coefficient (Wildman–Crippen LogP) is 0.603. The Bertz CT molecular complexity index is 1870. The summed E-state index contributed by atoms with van der Waals surface area (Å²) >= 11 is 0. The second kappa shape index (κ2) is 16.0. The van der Waals surface area contributed by atoms with E-state index in [1.807, 2.05) is 0 Å². The number of hydrogen-bond acceptors (Lipinski definition) is 6. The zero-order valence-electron chi connectivity index (χ0n) is 25.6. The van der Waals surface area contributed by atoms with Gasteiger partial charge in [0.05, 0.1) is 0 Å². The lowest BCUT2D eigenvalue weighted by Gasteiger charge is -2.05. The van der Waals surface area contributed by atoms with Gasteiger partial charge in [-0.1, -0.05) is 24.3 Å². The van der Waals surface area contributed by atoms with Crippen LogP contribution in [0.1, 0.15) is 11.5 Å². The van der Waals surface area contributed by atoms with Crippen molar-refractivity contribution < 1.29 is 102 Å². The lowest BCUT2D eigenvalue weighted by molar-refractivity contribution is -0.698. The van der Waals surface area contributed by atoms with E-state index in [4.69, 9.17) is 19.0 Å². The Kier molecular flexibility index (Phi) is 12.4. The van der Waals surface area contributed by atoms with Crippen LogP contribution in [0.3, 0.4) is 0 Å². The number of aliphatic hydroxyl groups excluding tert-OH is 2. The molecule has 2 aromatic carbocycles. The summed E-state index contributed by atoms with van der Waals surface area (Å²) in [6, 6.07) is 18.7. The van der Waals surface area contributed by atoms with Crippen LogP contribution < -0.4 is 57.1 Å². The Balaban J connectivity index is 0.00000281. The first kappa shape index (κ1) is 38.9. The van der Waals surface area contributed by atoms with E-state index in [1.165, 1.54) is 49.1 Å². The molecule has 0 saturated carbocycles. The summed E-state index contributed by atoms with van der Waals surface area (Å²) in [5.41, 5.74) is 1.60. The molecule has 0 bridgehead atoms. The van der Waals surface area contributed by atoms with Gasteiger partial charge in [0.1, 0.15) is 24.6 Å². The molecular formula is C34H26F6I2N4O4. The lowest BCUT2D eigenvalue weighted by Crippen LogP contribution is -3.00. The Morgan fingerprint density at radius 1 is 0.480 bits per heavy atom. The molecule has 6 rings (SSSR count). The number of rotatable bonds is 9. The summed E-state index contributed by atoms with van der Waals surface area (Å²) < 4.78 is 96.8. The Hall–Kier alpha value is -3.88. The molecule has 4 heterocycles. The highest BCUT2D eigenvalue weighted by atomic mass is 127. The lowest BCUT2D eigenvalue weighted by atomic mass is 10.0. The average molecular weight is 922 g/mol. The number of alkyl halides is 6. The molecule has 0 saturated heterocycles. The third kappa shape index (κ3) is 8.52. The molecule has 50 heavy (non-hydrogen) atoms. The topological polar surface area (TPSA) is 100 Å². The third-order valence-electron chi connectivity index (χ3n) is 7.41. The molecule has 0 amide bonds. The molecule has 6 aromatic rings. The number of hydrogen-bond donors (Lipinski definition) is 2. The van der Waals surface area contributed by atoms with Gasteiger partial charge in [0.25, 0.3) is 0 Å². The van der Waals surface area contributed by atoms with Crippen LogP contribution in [0.2, 0.25) is 0 Å². The molecule has 0 aliphatic heterocycles. The zero-order valence-corrected chi connectivity index (χ0v) is 29.9. The molecule has 0 fully saturated rings. The van der Waals surface area contributed by atoms with Gasteiger partial charge in [0.15, 0.2) is 37.9 Å². The minimum absolute atomic E-state index is 0. The van der Waals surface area contributed by atoms with Gasteiger partial charge in [-0.25, -0.2) is 19.1 Å². The number of aliphatic hydroxyl groups is 2. The fourth-order valence-corrected chi connectivity index (χ4v) is 5.03. The molecule has 8 nitrogen and oxygen atoms in total. The maximum Gasteiger partial charge on any atom is 0.451 e.